The molecular weight excluding hydrogens is 330 g/mol. The molecule has 1 unspecified atom stereocenters. The second-order valence-corrected chi connectivity index (χ2v) is 6.36. The molecule has 1 saturated heterocycles. The maximum Gasteiger partial charge on any atom is 0.339 e. The van der Waals surface area contributed by atoms with Crippen LogP contribution in [0.2, 0.25) is 0 Å². The largest absolute Gasteiger partial charge is 0.444 e. The van der Waals surface area contributed by atoms with Gasteiger partial charge >= 0.3 is 5.97 Å². The average Bonchev–Trinajstić information content (AvgIpc) is 3.21. The number of esters is 1. The number of amides is 1. The Balaban J connectivity index is 1.82. The SMILES string of the molecule is COCc1cccc(C(=O)OC(C(=O)N2CCCC2)c2ccccc2)c1. The molecule has 0 bridgehead atoms. The van der Waals surface area contributed by atoms with Crippen LogP contribution in [-0.4, -0.2) is 37.0 Å². The van der Waals surface area contributed by atoms with Crippen molar-refractivity contribution in [2.24, 2.45) is 0 Å². The van der Waals surface area contributed by atoms with Crippen molar-refractivity contribution in [1.82, 2.24) is 4.90 Å². The molecule has 0 N–H and O–H groups in total. The molecule has 1 fully saturated rings. The Labute approximate surface area is 153 Å². The normalized spacial score (nSPS) is 14.9. The van der Waals surface area contributed by atoms with Crippen LogP contribution in [0.5, 0.6) is 0 Å². The molecule has 136 valence electrons. The average molecular weight is 353 g/mol. The Morgan fingerprint density at radius 2 is 1.77 bits per heavy atom. The van der Waals surface area contributed by atoms with Gasteiger partial charge in [-0.05, 0) is 30.5 Å². The summed E-state index contributed by atoms with van der Waals surface area (Å²) < 4.78 is 10.8. The van der Waals surface area contributed by atoms with Crippen LogP contribution in [-0.2, 0) is 20.9 Å². The molecule has 1 heterocycles. The van der Waals surface area contributed by atoms with E-state index < -0.39 is 12.1 Å². The van der Waals surface area contributed by atoms with Crippen LogP contribution in [0.15, 0.2) is 54.6 Å². The Morgan fingerprint density at radius 1 is 1.04 bits per heavy atom. The first kappa shape index (κ1) is 18.1. The van der Waals surface area contributed by atoms with E-state index in [0.29, 0.717) is 30.8 Å². The molecule has 0 aliphatic carbocycles. The van der Waals surface area contributed by atoms with Crippen molar-refractivity contribution in [3.63, 3.8) is 0 Å². The van der Waals surface area contributed by atoms with E-state index in [9.17, 15) is 9.59 Å². The van der Waals surface area contributed by atoms with Crippen molar-refractivity contribution in [1.29, 1.82) is 0 Å². The van der Waals surface area contributed by atoms with E-state index in [1.54, 1.807) is 30.2 Å². The van der Waals surface area contributed by atoms with Gasteiger partial charge in [-0.1, -0.05) is 42.5 Å². The fourth-order valence-corrected chi connectivity index (χ4v) is 3.12. The first-order chi connectivity index (χ1) is 12.7. The molecule has 5 nitrogen and oxygen atoms in total. The van der Waals surface area contributed by atoms with Gasteiger partial charge in [0.05, 0.1) is 12.2 Å². The van der Waals surface area contributed by atoms with E-state index in [2.05, 4.69) is 0 Å². The predicted molar refractivity (Wildman–Crippen MR) is 97.6 cm³/mol. The minimum atomic E-state index is -0.923. The highest BCUT2D eigenvalue weighted by Crippen LogP contribution is 2.24. The maximum atomic E-state index is 12.9. The van der Waals surface area contributed by atoms with Crippen LogP contribution < -0.4 is 0 Å². The van der Waals surface area contributed by atoms with Crippen molar-refractivity contribution in [2.45, 2.75) is 25.6 Å². The summed E-state index contributed by atoms with van der Waals surface area (Å²) in [5.41, 5.74) is 1.98. The summed E-state index contributed by atoms with van der Waals surface area (Å²) >= 11 is 0. The topological polar surface area (TPSA) is 55.8 Å². The highest BCUT2D eigenvalue weighted by Gasteiger charge is 2.31. The Morgan fingerprint density at radius 3 is 2.46 bits per heavy atom. The summed E-state index contributed by atoms with van der Waals surface area (Å²) in [5.74, 6) is -0.667. The van der Waals surface area contributed by atoms with Gasteiger partial charge < -0.3 is 14.4 Å². The van der Waals surface area contributed by atoms with Crippen LogP contribution in [0.1, 0.15) is 40.4 Å². The molecule has 5 heteroatoms. The Kier molecular flexibility index (Phi) is 6.02. The third-order valence-electron chi connectivity index (χ3n) is 4.44. The standard InChI is InChI=1S/C21H23NO4/c1-25-15-16-8-7-11-18(14-16)21(24)26-19(17-9-3-2-4-10-17)20(23)22-12-5-6-13-22/h2-4,7-11,14,19H,5-6,12-13,15H2,1H3. The minimum absolute atomic E-state index is 0.157. The van der Waals surface area contributed by atoms with Crippen molar-refractivity contribution in [3.05, 3.63) is 71.3 Å². The molecule has 2 aromatic rings. The van der Waals surface area contributed by atoms with Crippen molar-refractivity contribution in [2.75, 3.05) is 20.2 Å². The fourth-order valence-electron chi connectivity index (χ4n) is 3.12. The summed E-state index contributed by atoms with van der Waals surface area (Å²) in [6, 6.07) is 16.3. The lowest BCUT2D eigenvalue weighted by atomic mass is 10.1. The number of ether oxygens (including phenoxy) is 2. The molecule has 1 aliphatic heterocycles. The summed E-state index contributed by atoms with van der Waals surface area (Å²) in [5, 5.41) is 0. The highest BCUT2D eigenvalue weighted by atomic mass is 16.5. The van der Waals surface area contributed by atoms with E-state index in [4.69, 9.17) is 9.47 Å². The van der Waals surface area contributed by atoms with Crippen LogP contribution in [0, 0.1) is 0 Å². The zero-order valence-electron chi connectivity index (χ0n) is 14.9. The molecule has 0 saturated carbocycles. The molecule has 1 atom stereocenters. The van der Waals surface area contributed by atoms with Gasteiger partial charge in [-0.3, -0.25) is 4.79 Å². The van der Waals surface area contributed by atoms with Crippen LogP contribution in [0.3, 0.4) is 0 Å². The number of carbonyl (C=O) groups is 2. The molecule has 3 rings (SSSR count). The lowest BCUT2D eigenvalue weighted by molar-refractivity contribution is -0.140. The van der Waals surface area contributed by atoms with E-state index >= 15 is 0 Å². The summed E-state index contributed by atoms with van der Waals surface area (Å²) in [7, 11) is 1.60. The van der Waals surface area contributed by atoms with Gasteiger partial charge in [-0.2, -0.15) is 0 Å². The maximum absolute atomic E-state index is 12.9. The first-order valence-corrected chi connectivity index (χ1v) is 8.81. The first-order valence-electron chi connectivity index (χ1n) is 8.81. The van der Waals surface area contributed by atoms with Crippen LogP contribution in [0.4, 0.5) is 0 Å². The smallest absolute Gasteiger partial charge is 0.339 e. The number of rotatable bonds is 6. The van der Waals surface area contributed by atoms with Gasteiger partial charge in [0.2, 0.25) is 6.10 Å². The molecular formula is C21H23NO4. The zero-order chi connectivity index (χ0) is 18.4. The molecule has 0 spiro atoms. The number of benzene rings is 2. The highest BCUT2D eigenvalue weighted by molar-refractivity contribution is 5.93. The second kappa shape index (κ2) is 8.63. The quantitative estimate of drug-likeness (QED) is 0.748. The van der Waals surface area contributed by atoms with Crippen LogP contribution >= 0.6 is 0 Å². The van der Waals surface area contributed by atoms with E-state index in [1.165, 1.54) is 0 Å². The van der Waals surface area contributed by atoms with Gasteiger partial charge in [-0.15, -0.1) is 0 Å². The number of carbonyl (C=O) groups excluding carboxylic acids is 2. The third kappa shape index (κ3) is 4.29. The second-order valence-electron chi connectivity index (χ2n) is 6.36. The molecule has 26 heavy (non-hydrogen) atoms. The number of hydrogen-bond acceptors (Lipinski definition) is 4. The van der Waals surface area contributed by atoms with Crippen molar-refractivity contribution in [3.8, 4) is 0 Å². The summed E-state index contributed by atoms with van der Waals surface area (Å²) in [4.78, 5) is 27.4. The van der Waals surface area contributed by atoms with Gasteiger partial charge in [0, 0.05) is 25.8 Å². The molecule has 2 aromatic carbocycles. The predicted octanol–water partition coefficient (Wildman–Crippen LogP) is 3.35. The van der Waals surface area contributed by atoms with E-state index in [0.717, 1.165) is 18.4 Å². The summed E-state index contributed by atoms with van der Waals surface area (Å²) in [6.45, 7) is 1.84. The number of nitrogens with zero attached hydrogens (tertiary/aromatic N) is 1. The molecule has 0 radical (unpaired) electrons. The summed E-state index contributed by atoms with van der Waals surface area (Å²) in [6.07, 6.45) is 1.05. The lowest BCUT2D eigenvalue weighted by Gasteiger charge is -2.23. The van der Waals surface area contributed by atoms with Gasteiger partial charge in [0.15, 0.2) is 0 Å². The fraction of sp³-hybridized carbons (Fsp3) is 0.333. The zero-order valence-corrected chi connectivity index (χ0v) is 14.9. The Bertz CT molecular complexity index is 754. The van der Waals surface area contributed by atoms with E-state index in [1.807, 2.05) is 36.4 Å². The lowest BCUT2D eigenvalue weighted by Crippen LogP contribution is -2.34. The number of methoxy groups -OCH3 is 1. The Hall–Kier alpha value is -2.66. The third-order valence-corrected chi connectivity index (χ3v) is 4.44. The van der Waals surface area contributed by atoms with Gasteiger partial charge in [-0.25, -0.2) is 4.79 Å². The van der Waals surface area contributed by atoms with Gasteiger partial charge in [0.25, 0.3) is 5.91 Å². The monoisotopic (exact) mass is 353 g/mol. The van der Waals surface area contributed by atoms with Crippen LogP contribution in [0.25, 0.3) is 0 Å². The molecule has 0 aromatic heterocycles. The minimum Gasteiger partial charge on any atom is -0.444 e. The van der Waals surface area contributed by atoms with Crippen molar-refractivity contribution < 1.29 is 19.1 Å². The van der Waals surface area contributed by atoms with Gasteiger partial charge in [0.1, 0.15) is 0 Å². The van der Waals surface area contributed by atoms with Crippen molar-refractivity contribution >= 4 is 11.9 Å². The molecule has 1 amide bonds. The number of hydrogen-bond donors (Lipinski definition) is 0. The van der Waals surface area contributed by atoms with E-state index in [-0.39, 0.29) is 5.91 Å². The molecule has 1 aliphatic rings. The number of likely N-dealkylation sites (tertiary alicyclic amines) is 1.